The highest BCUT2D eigenvalue weighted by Crippen LogP contribution is 2.71. The zero-order valence-electron chi connectivity index (χ0n) is 11.2. The molecule has 0 atom stereocenters. The van der Waals surface area contributed by atoms with Gasteiger partial charge < -0.3 is 0 Å². The number of hydrogen-bond donors (Lipinski definition) is 0. The Morgan fingerprint density at radius 1 is 0.636 bits per heavy atom. The molecular formula is C12H8S10. The number of rotatable bonds is 2. The highest BCUT2D eigenvalue weighted by Gasteiger charge is 2.35. The summed E-state index contributed by atoms with van der Waals surface area (Å²) in [6, 6.07) is 0. The Morgan fingerprint density at radius 2 is 1.05 bits per heavy atom. The molecule has 0 spiro atoms. The van der Waals surface area contributed by atoms with Gasteiger partial charge in [-0.05, 0) is 23.3 Å². The van der Waals surface area contributed by atoms with E-state index >= 15 is 0 Å². The van der Waals surface area contributed by atoms with E-state index in [2.05, 4.69) is 23.3 Å². The number of thioether (sulfide) groups is 10. The lowest BCUT2D eigenvalue weighted by Gasteiger charge is -2.07. The van der Waals surface area contributed by atoms with Gasteiger partial charge in [0, 0.05) is 0 Å². The van der Waals surface area contributed by atoms with Crippen molar-refractivity contribution < 1.29 is 0 Å². The summed E-state index contributed by atoms with van der Waals surface area (Å²) in [4.78, 5) is 0. The molecule has 0 fully saturated rings. The summed E-state index contributed by atoms with van der Waals surface area (Å²) in [6.45, 7) is 0. The summed E-state index contributed by atoms with van der Waals surface area (Å²) in [5.74, 6) is 0. The quantitative estimate of drug-likeness (QED) is 0.381. The average Bonchev–Trinajstić information content (AvgIpc) is 3.19. The van der Waals surface area contributed by atoms with Crippen LogP contribution in [0.1, 0.15) is 0 Å². The van der Waals surface area contributed by atoms with Crippen molar-refractivity contribution in [1.82, 2.24) is 0 Å². The van der Waals surface area contributed by atoms with Crippen molar-refractivity contribution in [3.63, 3.8) is 0 Å². The van der Waals surface area contributed by atoms with Crippen LogP contribution in [0.2, 0.25) is 0 Å². The van der Waals surface area contributed by atoms with Crippen molar-refractivity contribution in [3.8, 4) is 0 Å². The Balaban J connectivity index is 1.47. The molecule has 0 saturated heterocycles. The van der Waals surface area contributed by atoms with E-state index < -0.39 is 0 Å². The fourth-order valence-electron chi connectivity index (χ4n) is 1.68. The summed E-state index contributed by atoms with van der Waals surface area (Å²) in [5, 5.41) is 4.37. The maximum Gasteiger partial charge on any atom is 0.0718 e. The first kappa shape index (κ1) is 17.6. The zero-order chi connectivity index (χ0) is 15.1. The molecule has 0 saturated carbocycles. The smallest absolute Gasteiger partial charge is 0.0718 e. The van der Waals surface area contributed by atoms with Crippen LogP contribution in [0.25, 0.3) is 0 Å². The van der Waals surface area contributed by atoms with Gasteiger partial charge in [0.15, 0.2) is 0 Å². The highest BCUT2D eigenvalue weighted by molar-refractivity contribution is 8.50. The molecule has 0 unspecified atom stereocenters. The highest BCUT2D eigenvalue weighted by atomic mass is 32.3. The van der Waals surface area contributed by atoms with Gasteiger partial charge in [0.1, 0.15) is 0 Å². The third-order valence-corrected chi connectivity index (χ3v) is 16.6. The molecule has 0 bridgehead atoms. The minimum absolute atomic E-state index is 1.44. The van der Waals surface area contributed by atoms with Crippen LogP contribution in [-0.4, -0.2) is 12.5 Å². The van der Waals surface area contributed by atoms with E-state index in [1.165, 1.54) is 33.9 Å². The lowest BCUT2D eigenvalue weighted by atomic mass is 11.2. The van der Waals surface area contributed by atoms with Crippen LogP contribution in [-0.2, 0) is 0 Å². The lowest BCUT2D eigenvalue weighted by molar-refractivity contribution is 2.28. The van der Waals surface area contributed by atoms with E-state index in [9.17, 15) is 0 Å². The first-order valence-electron chi connectivity index (χ1n) is 5.89. The topological polar surface area (TPSA) is 0 Å². The number of hydrogen-bond acceptors (Lipinski definition) is 10. The van der Waals surface area contributed by atoms with Gasteiger partial charge in [-0.25, -0.2) is 0 Å². The van der Waals surface area contributed by atoms with Gasteiger partial charge in [-0.2, -0.15) is 0 Å². The van der Waals surface area contributed by atoms with Crippen LogP contribution in [0.4, 0.5) is 0 Å². The lowest BCUT2D eigenvalue weighted by Crippen LogP contribution is -1.73. The molecule has 0 N–H and O–H groups in total. The molecule has 4 rings (SSSR count). The third-order valence-electron chi connectivity index (χ3n) is 2.56. The molecule has 0 aromatic rings. The van der Waals surface area contributed by atoms with E-state index in [0.29, 0.717) is 0 Å². The molecule has 0 aliphatic carbocycles. The van der Waals surface area contributed by atoms with Crippen molar-refractivity contribution in [1.29, 1.82) is 0 Å². The fraction of sp³-hybridized carbons (Fsp3) is 0.167. The molecule has 10 heteroatoms. The predicted octanol–water partition coefficient (Wildman–Crippen LogP) is 8.61. The Morgan fingerprint density at radius 3 is 1.50 bits per heavy atom. The average molecular weight is 473 g/mol. The zero-order valence-corrected chi connectivity index (χ0v) is 19.4. The maximum absolute atomic E-state index is 2.19. The van der Waals surface area contributed by atoms with Crippen LogP contribution in [0, 0.1) is 0 Å². The molecule has 0 aromatic carbocycles. The first-order chi connectivity index (χ1) is 10.8. The SMILES string of the molecule is CSC(SC)=C1SC2=C(S1)SC(=C1SC3=C(SC=CS3)S1)S2. The van der Waals surface area contributed by atoms with E-state index in [1.54, 1.807) is 0 Å². The van der Waals surface area contributed by atoms with E-state index in [0.717, 1.165) is 0 Å². The van der Waals surface area contributed by atoms with Crippen molar-refractivity contribution in [2.75, 3.05) is 12.5 Å². The standard InChI is InChI=1S/C12H8S10/c1-13-5(14-2)8-19-11-12(20-8)22-10(21-11)9-17-6-7(18-9)16-4-3-15-6/h3-4H,1-2H3. The molecule has 0 nitrogen and oxygen atoms in total. The molecule has 0 aromatic heterocycles. The molecular weight excluding hydrogens is 465 g/mol. The summed E-state index contributed by atoms with van der Waals surface area (Å²) >= 11 is 19.2. The van der Waals surface area contributed by atoms with E-state index in [-0.39, 0.29) is 0 Å². The Hall–Kier alpha value is 2.20. The van der Waals surface area contributed by atoms with Crippen LogP contribution in [0.5, 0.6) is 0 Å². The molecule has 22 heavy (non-hydrogen) atoms. The second-order valence-corrected chi connectivity index (χ2v) is 15.5. The Labute approximate surface area is 173 Å². The largest absolute Gasteiger partial charge is 0.121 e. The van der Waals surface area contributed by atoms with Crippen LogP contribution in [0.15, 0.2) is 44.7 Å². The molecule has 0 radical (unpaired) electrons. The second-order valence-electron chi connectivity index (χ2n) is 3.83. The van der Waals surface area contributed by atoms with Crippen molar-refractivity contribution in [3.05, 3.63) is 44.7 Å². The van der Waals surface area contributed by atoms with Gasteiger partial charge in [0.25, 0.3) is 0 Å². The van der Waals surface area contributed by atoms with Crippen molar-refractivity contribution in [2.45, 2.75) is 0 Å². The third kappa shape index (κ3) is 3.53. The summed E-state index contributed by atoms with van der Waals surface area (Å²) < 4.78 is 11.7. The first-order valence-corrected chi connectivity index (χ1v) is 15.0. The van der Waals surface area contributed by atoms with Gasteiger partial charge in [-0.3, -0.25) is 0 Å². The van der Waals surface area contributed by atoms with E-state index in [4.69, 9.17) is 0 Å². The molecule has 4 aliphatic heterocycles. The minimum atomic E-state index is 1.44. The normalized spacial score (nSPS) is 23.8. The monoisotopic (exact) mass is 472 g/mol. The fourth-order valence-corrected chi connectivity index (χ4v) is 15.7. The molecule has 4 heterocycles. The van der Waals surface area contributed by atoms with Gasteiger partial charge >= 0.3 is 0 Å². The van der Waals surface area contributed by atoms with Crippen LogP contribution < -0.4 is 0 Å². The molecule has 4 aliphatic rings. The van der Waals surface area contributed by atoms with Gasteiger partial charge in [0.2, 0.25) is 0 Å². The summed E-state index contributed by atoms with van der Waals surface area (Å²) in [5.41, 5.74) is 0. The van der Waals surface area contributed by atoms with Gasteiger partial charge in [-0.15, -0.1) is 23.5 Å². The van der Waals surface area contributed by atoms with Crippen molar-refractivity contribution in [2.24, 2.45) is 0 Å². The van der Waals surface area contributed by atoms with Crippen molar-refractivity contribution >= 4 is 118 Å². The van der Waals surface area contributed by atoms with Crippen LogP contribution >= 0.6 is 118 Å². The van der Waals surface area contributed by atoms with Crippen LogP contribution in [0.3, 0.4) is 0 Å². The molecule has 116 valence electrons. The minimum Gasteiger partial charge on any atom is -0.121 e. The predicted molar refractivity (Wildman–Crippen MR) is 125 cm³/mol. The Bertz CT molecular complexity index is 630. The van der Waals surface area contributed by atoms with E-state index in [1.807, 2.05) is 118 Å². The second kappa shape index (κ2) is 7.84. The van der Waals surface area contributed by atoms with Gasteiger partial charge in [0.05, 0.1) is 33.9 Å². The van der Waals surface area contributed by atoms with Gasteiger partial charge in [-0.1, -0.05) is 94.1 Å². The Kier molecular flexibility index (Phi) is 6.27. The molecule has 0 amide bonds. The summed E-state index contributed by atoms with van der Waals surface area (Å²) in [6.07, 6.45) is 4.34. The maximum atomic E-state index is 2.19. The summed E-state index contributed by atoms with van der Waals surface area (Å²) in [7, 11) is 0.